The zero-order valence-electron chi connectivity index (χ0n) is 17.3. The molecule has 2 aromatic heterocycles. The molecule has 6 nitrogen and oxygen atoms in total. The Hall–Kier alpha value is -2.70. The predicted molar refractivity (Wildman–Crippen MR) is 121 cm³/mol. The van der Waals surface area contributed by atoms with Crippen molar-refractivity contribution in [1.29, 1.82) is 0 Å². The summed E-state index contributed by atoms with van der Waals surface area (Å²) in [6.45, 7) is 5.85. The van der Waals surface area contributed by atoms with Crippen LogP contribution in [0.25, 0.3) is 11.3 Å². The largest absolute Gasteiger partial charge is 0.354 e. The van der Waals surface area contributed by atoms with Gasteiger partial charge in [-0.25, -0.2) is 4.98 Å². The molecule has 1 aromatic carbocycles. The Kier molecular flexibility index (Phi) is 7.01. The van der Waals surface area contributed by atoms with Gasteiger partial charge in [-0.2, -0.15) is 4.98 Å². The maximum absolute atomic E-state index is 6.32. The van der Waals surface area contributed by atoms with Crippen LogP contribution in [0, 0.1) is 13.8 Å². The van der Waals surface area contributed by atoms with Crippen molar-refractivity contribution in [2.45, 2.75) is 20.3 Å². The summed E-state index contributed by atoms with van der Waals surface area (Å²) in [7, 11) is 4.13. The van der Waals surface area contributed by atoms with Gasteiger partial charge in [-0.1, -0.05) is 17.7 Å². The van der Waals surface area contributed by atoms with E-state index in [1.807, 2.05) is 37.3 Å². The summed E-state index contributed by atoms with van der Waals surface area (Å²) in [6.07, 6.45) is 4.56. The van der Waals surface area contributed by atoms with E-state index in [-0.39, 0.29) is 0 Å². The highest BCUT2D eigenvalue weighted by molar-refractivity contribution is 6.31. The molecule has 0 saturated carbocycles. The van der Waals surface area contributed by atoms with E-state index in [2.05, 4.69) is 51.5 Å². The first-order chi connectivity index (χ1) is 13.9. The molecule has 0 spiro atoms. The predicted octanol–water partition coefficient (Wildman–Crippen LogP) is 4.92. The van der Waals surface area contributed by atoms with Gasteiger partial charge in [0.15, 0.2) is 0 Å². The molecule has 7 heteroatoms. The van der Waals surface area contributed by atoms with Crippen molar-refractivity contribution in [3.63, 3.8) is 0 Å². The molecule has 0 fully saturated rings. The second-order valence-corrected chi connectivity index (χ2v) is 7.68. The summed E-state index contributed by atoms with van der Waals surface area (Å²) in [5.41, 5.74) is 4.81. The average Bonchev–Trinajstić information content (AvgIpc) is 2.72. The third-order valence-corrected chi connectivity index (χ3v) is 5.02. The van der Waals surface area contributed by atoms with Crippen LogP contribution in [-0.4, -0.2) is 47.0 Å². The molecule has 0 aliphatic rings. The summed E-state index contributed by atoms with van der Waals surface area (Å²) >= 11 is 6.32. The maximum atomic E-state index is 6.32. The lowest BCUT2D eigenvalue weighted by atomic mass is 10.1. The fourth-order valence-corrected chi connectivity index (χ4v) is 3.15. The summed E-state index contributed by atoms with van der Waals surface area (Å²) in [5, 5.41) is 7.50. The van der Waals surface area contributed by atoms with Gasteiger partial charge in [0.25, 0.3) is 0 Å². The summed E-state index contributed by atoms with van der Waals surface area (Å²) in [6, 6.07) is 9.74. The smallest absolute Gasteiger partial charge is 0.225 e. The average molecular weight is 411 g/mol. The second-order valence-electron chi connectivity index (χ2n) is 7.28. The molecule has 0 amide bonds. The van der Waals surface area contributed by atoms with Crippen LogP contribution in [0.5, 0.6) is 0 Å². The van der Waals surface area contributed by atoms with Gasteiger partial charge in [0.2, 0.25) is 5.95 Å². The first-order valence-corrected chi connectivity index (χ1v) is 10.0. The van der Waals surface area contributed by atoms with Crippen LogP contribution in [0.4, 0.5) is 17.5 Å². The van der Waals surface area contributed by atoms with Gasteiger partial charge in [-0.05, 0) is 70.2 Å². The molecular formula is C22H27ClN6. The molecule has 0 unspecified atom stereocenters. The Morgan fingerprint density at radius 2 is 1.93 bits per heavy atom. The minimum Gasteiger partial charge on any atom is -0.354 e. The van der Waals surface area contributed by atoms with E-state index in [0.717, 1.165) is 52.6 Å². The third kappa shape index (κ3) is 5.65. The number of anilines is 3. The summed E-state index contributed by atoms with van der Waals surface area (Å²) < 4.78 is 0. The van der Waals surface area contributed by atoms with E-state index in [4.69, 9.17) is 11.6 Å². The monoisotopic (exact) mass is 410 g/mol. The number of halogens is 1. The van der Waals surface area contributed by atoms with Gasteiger partial charge < -0.3 is 15.5 Å². The van der Waals surface area contributed by atoms with Crippen LogP contribution >= 0.6 is 11.6 Å². The molecule has 3 rings (SSSR count). The zero-order chi connectivity index (χ0) is 20.8. The lowest BCUT2D eigenvalue weighted by Crippen LogP contribution is -2.17. The van der Waals surface area contributed by atoms with Crippen molar-refractivity contribution in [2.24, 2.45) is 0 Å². The number of benzene rings is 1. The molecule has 152 valence electrons. The highest BCUT2D eigenvalue weighted by atomic mass is 35.5. The highest BCUT2D eigenvalue weighted by Crippen LogP contribution is 2.30. The van der Waals surface area contributed by atoms with E-state index >= 15 is 0 Å². The van der Waals surface area contributed by atoms with Gasteiger partial charge in [-0.3, -0.25) is 4.98 Å². The fourth-order valence-electron chi connectivity index (χ4n) is 2.99. The standard InChI is InChI=1S/C22H27ClN6/c1-15-8-9-18(23)16(2)21(15)27-20-13-19(17-7-5-10-24-14-17)26-22(28-20)25-11-6-12-29(3)4/h5,7-10,13-14H,6,11-12H2,1-4H3,(H2,25,26,27,28). The molecule has 0 atom stereocenters. The molecule has 29 heavy (non-hydrogen) atoms. The van der Waals surface area contributed by atoms with Crippen molar-refractivity contribution >= 4 is 29.1 Å². The van der Waals surface area contributed by atoms with E-state index in [1.165, 1.54) is 0 Å². The number of nitrogens with one attached hydrogen (secondary N) is 2. The van der Waals surface area contributed by atoms with E-state index in [0.29, 0.717) is 11.8 Å². The summed E-state index contributed by atoms with van der Waals surface area (Å²) in [4.78, 5) is 15.7. The number of hydrogen-bond donors (Lipinski definition) is 2. The van der Waals surface area contributed by atoms with Crippen molar-refractivity contribution in [3.05, 3.63) is 58.9 Å². The van der Waals surface area contributed by atoms with Crippen LogP contribution in [0.2, 0.25) is 5.02 Å². The molecule has 2 N–H and O–H groups in total. The first-order valence-electron chi connectivity index (χ1n) is 9.65. The van der Waals surface area contributed by atoms with Crippen molar-refractivity contribution in [3.8, 4) is 11.3 Å². The molecule has 0 aliphatic carbocycles. The molecule has 0 radical (unpaired) electrons. The normalized spacial score (nSPS) is 11.0. The second kappa shape index (κ2) is 9.67. The van der Waals surface area contributed by atoms with Crippen LogP contribution in [-0.2, 0) is 0 Å². The minimum atomic E-state index is 0.588. The van der Waals surface area contributed by atoms with Crippen LogP contribution in [0.15, 0.2) is 42.7 Å². The Labute approximate surface area is 177 Å². The molecule has 0 aliphatic heterocycles. The Morgan fingerprint density at radius 1 is 1.10 bits per heavy atom. The molecular weight excluding hydrogens is 384 g/mol. The van der Waals surface area contributed by atoms with E-state index in [9.17, 15) is 0 Å². The Morgan fingerprint density at radius 3 is 2.66 bits per heavy atom. The maximum Gasteiger partial charge on any atom is 0.225 e. The number of rotatable bonds is 8. The number of pyridine rings is 1. The van der Waals surface area contributed by atoms with Crippen LogP contribution in [0.1, 0.15) is 17.5 Å². The fraction of sp³-hybridized carbons (Fsp3) is 0.318. The van der Waals surface area contributed by atoms with Crippen LogP contribution in [0.3, 0.4) is 0 Å². The lowest BCUT2D eigenvalue weighted by molar-refractivity contribution is 0.405. The molecule has 2 heterocycles. The highest BCUT2D eigenvalue weighted by Gasteiger charge is 2.11. The van der Waals surface area contributed by atoms with Gasteiger partial charge >= 0.3 is 0 Å². The van der Waals surface area contributed by atoms with Crippen LogP contribution < -0.4 is 10.6 Å². The van der Waals surface area contributed by atoms with E-state index < -0.39 is 0 Å². The number of nitrogens with zero attached hydrogens (tertiary/aromatic N) is 4. The van der Waals surface area contributed by atoms with Gasteiger partial charge in [0.1, 0.15) is 5.82 Å². The number of aromatic nitrogens is 3. The SMILES string of the molecule is Cc1ccc(Cl)c(C)c1Nc1cc(-c2cccnc2)nc(NCCCN(C)C)n1. The third-order valence-electron chi connectivity index (χ3n) is 4.61. The number of aryl methyl sites for hydroxylation is 1. The van der Waals surface area contributed by atoms with Crippen molar-refractivity contribution < 1.29 is 0 Å². The molecule has 0 saturated heterocycles. The Balaban J connectivity index is 1.91. The molecule has 3 aromatic rings. The van der Waals surface area contributed by atoms with Crippen molar-refractivity contribution in [2.75, 3.05) is 37.8 Å². The Bertz CT molecular complexity index is 959. The minimum absolute atomic E-state index is 0.588. The first kappa shape index (κ1) is 21.0. The summed E-state index contributed by atoms with van der Waals surface area (Å²) in [5.74, 6) is 1.30. The van der Waals surface area contributed by atoms with Gasteiger partial charge in [-0.15, -0.1) is 0 Å². The molecule has 0 bridgehead atoms. The topological polar surface area (TPSA) is 66.0 Å². The quantitative estimate of drug-likeness (QED) is 0.514. The lowest BCUT2D eigenvalue weighted by Gasteiger charge is -2.15. The van der Waals surface area contributed by atoms with E-state index in [1.54, 1.807) is 12.4 Å². The van der Waals surface area contributed by atoms with Crippen molar-refractivity contribution in [1.82, 2.24) is 19.9 Å². The number of hydrogen-bond acceptors (Lipinski definition) is 6. The van der Waals surface area contributed by atoms with Gasteiger partial charge in [0, 0.05) is 41.3 Å². The zero-order valence-corrected chi connectivity index (χ0v) is 18.1. The van der Waals surface area contributed by atoms with Gasteiger partial charge in [0.05, 0.1) is 5.69 Å².